The fraction of sp³-hybridized carbons (Fsp3) is 0.571. The van der Waals surface area contributed by atoms with E-state index in [9.17, 15) is 17.2 Å². The van der Waals surface area contributed by atoms with E-state index in [2.05, 4.69) is 9.62 Å². The maximum atomic E-state index is 12.3. The van der Waals surface area contributed by atoms with E-state index in [4.69, 9.17) is 4.74 Å². The first-order valence-corrected chi connectivity index (χ1v) is 8.57. The van der Waals surface area contributed by atoms with Crippen molar-refractivity contribution in [3.63, 3.8) is 0 Å². The number of halogens is 2. The van der Waals surface area contributed by atoms with E-state index in [0.29, 0.717) is 0 Å². The summed E-state index contributed by atoms with van der Waals surface area (Å²) >= 11 is 0. The topological polar surface area (TPSA) is 58.6 Å². The third-order valence-electron chi connectivity index (χ3n) is 3.55. The summed E-state index contributed by atoms with van der Waals surface area (Å²) in [5, 5.41) is 0. The molecule has 0 aromatic heterocycles. The van der Waals surface area contributed by atoms with Gasteiger partial charge in [-0.15, -0.1) is 0 Å². The number of nitrogens with one attached hydrogen (secondary N) is 1. The molecule has 5 nitrogen and oxygen atoms in total. The molecule has 22 heavy (non-hydrogen) atoms. The third-order valence-corrected chi connectivity index (χ3v) is 5.09. The average molecular weight is 334 g/mol. The van der Waals surface area contributed by atoms with Gasteiger partial charge in [0.1, 0.15) is 12.4 Å². The second kappa shape index (κ2) is 7.34. The Balaban J connectivity index is 1.97. The van der Waals surface area contributed by atoms with E-state index in [-0.39, 0.29) is 16.7 Å². The van der Waals surface area contributed by atoms with E-state index >= 15 is 0 Å². The highest BCUT2D eigenvalue weighted by Gasteiger charge is 2.23. The van der Waals surface area contributed by atoms with Crippen molar-refractivity contribution in [2.75, 3.05) is 26.7 Å². The van der Waals surface area contributed by atoms with E-state index in [0.717, 1.165) is 25.9 Å². The quantitative estimate of drug-likeness (QED) is 0.860. The van der Waals surface area contributed by atoms with E-state index in [1.807, 2.05) is 7.05 Å². The molecule has 1 fully saturated rings. The molecule has 0 bridgehead atoms. The molecule has 1 saturated heterocycles. The monoisotopic (exact) mass is 334 g/mol. The number of hydrogen-bond donors (Lipinski definition) is 1. The fourth-order valence-electron chi connectivity index (χ4n) is 2.29. The normalized spacial score (nSPS) is 17.8. The summed E-state index contributed by atoms with van der Waals surface area (Å²) in [6.07, 6.45) is -1.02. The summed E-state index contributed by atoms with van der Waals surface area (Å²) in [6, 6.07) is 5.41. The van der Waals surface area contributed by atoms with Crippen molar-refractivity contribution in [3.8, 4) is 5.75 Å². The van der Waals surface area contributed by atoms with E-state index < -0.39 is 23.1 Å². The van der Waals surface area contributed by atoms with Gasteiger partial charge in [-0.3, -0.25) is 0 Å². The number of piperidine rings is 1. The molecular formula is C14H20F2N2O3S. The molecule has 1 aliphatic rings. The van der Waals surface area contributed by atoms with Crippen LogP contribution in [0.15, 0.2) is 29.2 Å². The number of alkyl halides is 2. The summed E-state index contributed by atoms with van der Waals surface area (Å²) in [7, 11) is -1.59. The van der Waals surface area contributed by atoms with Crippen molar-refractivity contribution in [3.05, 3.63) is 24.3 Å². The van der Waals surface area contributed by atoms with Crippen molar-refractivity contribution in [1.29, 1.82) is 0 Å². The van der Waals surface area contributed by atoms with Gasteiger partial charge >= 0.3 is 0 Å². The maximum absolute atomic E-state index is 12.3. The summed E-state index contributed by atoms with van der Waals surface area (Å²) in [5.41, 5.74) is 0. The van der Waals surface area contributed by atoms with Crippen molar-refractivity contribution < 1.29 is 21.9 Å². The first-order chi connectivity index (χ1) is 10.4. The standard InChI is InChI=1S/C14H20F2N2O3S/c1-18-8-6-11(7-9-18)17-22(19,20)13-4-2-12(3-5-13)21-10-14(15)16/h2-5,11,14,17H,6-10H2,1H3. The van der Waals surface area contributed by atoms with Gasteiger partial charge in [0.2, 0.25) is 10.0 Å². The van der Waals surface area contributed by atoms with Crippen LogP contribution < -0.4 is 9.46 Å². The smallest absolute Gasteiger partial charge is 0.272 e. The predicted molar refractivity (Wildman–Crippen MR) is 78.8 cm³/mol. The number of ether oxygens (including phenoxy) is 1. The van der Waals surface area contributed by atoms with E-state index in [1.165, 1.54) is 24.3 Å². The van der Waals surface area contributed by atoms with Crippen LogP contribution in [0.3, 0.4) is 0 Å². The number of sulfonamides is 1. The molecular weight excluding hydrogens is 314 g/mol. The predicted octanol–water partition coefficient (Wildman–Crippen LogP) is 1.70. The lowest BCUT2D eigenvalue weighted by atomic mass is 10.1. The summed E-state index contributed by atoms with van der Waals surface area (Å²) in [4.78, 5) is 2.26. The van der Waals surface area contributed by atoms with Crippen LogP contribution >= 0.6 is 0 Å². The van der Waals surface area contributed by atoms with Crippen molar-refractivity contribution in [2.45, 2.75) is 30.2 Å². The zero-order valence-electron chi connectivity index (χ0n) is 12.3. The number of benzene rings is 1. The van der Waals surface area contributed by atoms with Crippen LogP contribution in [0.25, 0.3) is 0 Å². The minimum Gasteiger partial charge on any atom is -0.488 e. The van der Waals surface area contributed by atoms with Crippen LogP contribution in [0.1, 0.15) is 12.8 Å². The Labute approximate surface area is 129 Å². The first kappa shape index (κ1) is 17.1. The number of nitrogens with zero attached hydrogens (tertiary/aromatic N) is 1. The molecule has 1 heterocycles. The molecule has 0 unspecified atom stereocenters. The Bertz CT molecular complexity index is 570. The summed E-state index contributed by atoms with van der Waals surface area (Å²) < 4.78 is 56.1. The molecule has 1 aromatic carbocycles. The highest BCUT2D eigenvalue weighted by Crippen LogP contribution is 2.18. The van der Waals surface area contributed by atoms with Crippen LogP contribution in [-0.4, -0.2) is 52.5 Å². The van der Waals surface area contributed by atoms with Gasteiger partial charge in [-0.25, -0.2) is 21.9 Å². The molecule has 0 saturated carbocycles. The third kappa shape index (κ3) is 4.89. The lowest BCUT2D eigenvalue weighted by molar-refractivity contribution is 0.0819. The van der Waals surface area contributed by atoms with Crippen molar-refractivity contribution >= 4 is 10.0 Å². The van der Waals surface area contributed by atoms with Crippen LogP contribution in [-0.2, 0) is 10.0 Å². The van der Waals surface area contributed by atoms with Crippen molar-refractivity contribution in [2.24, 2.45) is 0 Å². The molecule has 0 spiro atoms. The molecule has 1 N–H and O–H groups in total. The zero-order valence-corrected chi connectivity index (χ0v) is 13.2. The Morgan fingerprint density at radius 2 is 1.86 bits per heavy atom. The molecule has 1 aliphatic heterocycles. The lowest BCUT2D eigenvalue weighted by Crippen LogP contribution is -2.43. The second-order valence-corrected chi connectivity index (χ2v) is 7.09. The molecule has 8 heteroatoms. The Morgan fingerprint density at radius 3 is 2.41 bits per heavy atom. The molecule has 1 aromatic rings. The summed E-state index contributed by atoms with van der Waals surface area (Å²) in [6.45, 7) is 1.00. The molecule has 124 valence electrons. The Hall–Kier alpha value is -1.25. The second-order valence-electron chi connectivity index (χ2n) is 5.37. The lowest BCUT2D eigenvalue weighted by Gasteiger charge is -2.29. The maximum Gasteiger partial charge on any atom is 0.272 e. The fourth-order valence-corrected chi connectivity index (χ4v) is 3.59. The highest BCUT2D eigenvalue weighted by molar-refractivity contribution is 7.89. The van der Waals surface area contributed by atoms with Crippen molar-refractivity contribution in [1.82, 2.24) is 9.62 Å². The average Bonchev–Trinajstić information content (AvgIpc) is 2.48. The number of rotatable bonds is 6. The molecule has 0 aliphatic carbocycles. The van der Waals surface area contributed by atoms with Gasteiger partial charge < -0.3 is 9.64 Å². The molecule has 0 radical (unpaired) electrons. The van der Waals surface area contributed by atoms with Gasteiger partial charge in [-0.05, 0) is 57.2 Å². The van der Waals surface area contributed by atoms with Gasteiger partial charge in [0.25, 0.3) is 6.43 Å². The van der Waals surface area contributed by atoms with Crippen LogP contribution in [0.5, 0.6) is 5.75 Å². The van der Waals surface area contributed by atoms with Gasteiger partial charge in [0.05, 0.1) is 4.90 Å². The Kier molecular flexibility index (Phi) is 5.71. The highest BCUT2D eigenvalue weighted by atomic mass is 32.2. The number of hydrogen-bond acceptors (Lipinski definition) is 4. The van der Waals surface area contributed by atoms with Crippen LogP contribution in [0.4, 0.5) is 8.78 Å². The minimum atomic E-state index is -3.60. The molecule has 2 rings (SSSR count). The minimum absolute atomic E-state index is 0.0732. The first-order valence-electron chi connectivity index (χ1n) is 7.09. The van der Waals surface area contributed by atoms with Crippen LogP contribution in [0.2, 0.25) is 0 Å². The SMILES string of the molecule is CN1CCC(NS(=O)(=O)c2ccc(OCC(F)F)cc2)CC1. The molecule has 0 amide bonds. The largest absolute Gasteiger partial charge is 0.488 e. The zero-order chi connectivity index (χ0) is 16.2. The molecule has 0 atom stereocenters. The van der Waals surface area contributed by atoms with Gasteiger partial charge in [0, 0.05) is 6.04 Å². The van der Waals surface area contributed by atoms with Crippen LogP contribution in [0, 0.1) is 0 Å². The Morgan fingerprint density at radius 1 is 1.27 bits per heavy atom. The summed E-state index contributed by atoms with van der Waals surface area (Å²) in [5.74, 6) is 0.221. The van der Waals surface area contributed by atoms with Gasteiger partial charge in [-0.2, -0.15) is 0 Å². The van der Waals surface area contributed by atoms with E-state index in [1.54, 1.807) is 0 Å². The van der Waals surface area contributed by atoms with Gasteiger partial charge in [-0.1, -0.05) is 0 Å². The number of likely N-dealkylation sites (tertiary alicyclic amines) is 1. The van der Waals surface area contributed by atoms with Gasteiger partial charge in [0.15, 0.2) is 0 Å².